The van der Waals surface area contributed by atoms with Crippen molar-refractivity contribution in [2.45, 2.75) is 29.5 Å². The van der Waals surface area contributed by atoms with Gasteiger partial charge in [0.25, 0.3) is 5.91 Å². The molecule has 11 nitrogen and oxygen atoms in total. The molecule has 2 aromatic rings. The minimum atomic E-state index is -1.19. The number of nitrogens with one attached hydrogen (secondary N) is 1. The summed E-state index contributed by atoms with van der Waals surface area (Å²) in [4.78, 5) is 38.6. The first kappa shape index (κ1) is 23.1. The summed E-state index contributed by atoms with van der Waals surface area (Å²) < 4.78 is 1.81. The largest absolute Gasteiger partial charge is 0.508 e. The van der Waals surface area contributed by atoms with Crippen molar-refractivity contribution in [3.63, 3.8) is 0 Å². The molecule has 4 rings (SSSR count). The van der Waals surface area contributed by atoms with Gasteiger partial charge in [0.2, 0.25) is 5.91 Å². The van der Waals surface area contributed by atoms with E-state index in [0.29, 0.717) is 27.8 Å². The number of nitrogens with two attached hydrogens (primary N) is 1. The number of phenolic OH excluding ortho intramolecular Hbond substituents is 1. The quantitative estimate of drug-likeness (QED) is 0.315. The van der Waals surface area contributed by atoms with Gasteiger partial charge < -0.3 is 25.8 Å². The first-order chi connectivity index (χ1) is 15.7. The zero-order chi connectivity index (χ0) is 23.9. The zero-order valence-electron chi connectivity index (χ0n) is 17.8. The second kappa shape index (κ2) is 9.08. The van der Waals surface area contributed by atoms with Crippen molar-refractivity contribution in [2.24, 2.45) is 12.8 Å². The number of nitrogens with zero attached hydrogens (tertiary/aromatic N) is 4. The third kappa shape index (κ3) is 4.30. The molecule has 1 saturated heterocycles. The molecule has 3 heterocycles. The molecule has 1 fully saturated rings. The van der Waals surface area contributed by atoms with Crippen molar-refractivity contribution in [1.82, 2.24) is 25.0 Å². The van der Waals surface area contributed by atoms with E-state index in [1.165, 1.54) is 52.7 Å². The van der Waals surface area contributed by atoms with Crippen LogP contribution >= 0.6 is 23.5 Å². The van der Waals surface area contributed by atoms with Gasteiger partial charge >= 0.3 is 5.97 Å². The number of hydrogen-bond acceptors (Lipinski definition) is 9. The van der Waals surface area contributed by atoms with Crippen LogP contribution in [0.5, 0.6) is 5.75 Å². The van der Waals surface area contributed by atoms with Crippen LogP contribution in [0.2, 0.25) is 0 Å². The molecule has 2 aliphatic rings. The highest BCUT2D eigenvalue weighted by Crippen LogP contribution is 2.41. The molecule has 13 heteroatoms. The van der Waals surface area contributed by atoms with Gasteiger partial charge in [0.1, 0.15) is 34.7 Å². The third-order valence-electron chi connectivity index (χ3n) is 5.51. The Morgan fingerprint density at radius 3 is 2.64 bits per heavy atom. The van der Waals surface area contributed by atoms with Crippen molar-refractivity contribution in [1.29, 1.82) is 0 Å². The van der Waals surface area contributed by atoms with Gasteiger partial charge in [-0.1, -0.05) is 23.9 Å². The SMILES string of the molecule is Cc1nnc(SCC2=C(C(=O)O)N3C(=O)C(NC(=O)[C@H](N)c4ccc(O)cc4)[C@H]3SC2)n1C. The Kier molecular flexibility index (Phi) is 6.36. The predicted molar refractivity (Wildman–Crippen MR) is 121 cm³/mol. The monoisotopic (exact) mass is 490 g/mol. The summed E-state index contributed by atoms with van der Waals surface area (Å²) in [6, 6.07) is 3.99. The van der Waals surface area contributed by atoms with E-state index in [-0.39, 0.29) is 11.4 Å². The number of thioether (sulfide) groups is 2. The van der Waals surface area contributed by atoms with Gasteiger partial charge in [-0.15, -0.1) is 22.0 Å². The van der Waals surface area contributed by atoms with Crippen LogP contribution in [0.25, 0.3) is 0 Å². The van der Waals surface area contributed by atoms with E-state index in [4.69, 9.17) is 5.73 Å². The van der Waals surface area contributed by atoms with Crippen molar-refractivity contribution in [3.8, 4) is 5.75 Å². The standard InChI is InChI=1S/C20H22N6O5S2/c1-9-23-24-20(25(9)2)33-8-11-7-32-18-14(17(29)26(18)15(11)19(30)31)22-16(28)13(21)10-3-5-12(27)6-4-10/h3-6,13-14,18,27H,7-8,21H2,1-2H3,(H,22,28)(H,30,31)/t13-,14?,18-/m1/s1. The maximum atomic E-state index is 12.8. The number of phenols is 1. The molecule has 0 spiro atoms. The van der Waals surface area contributed by atoms with Gasteiger partial charge in [-0.05, 0) is 30.2 Å². The number of carbonyl (C=O) groups is 3. The Balaban J connectivity index is 1.46. The second-order valence-electron chi connectivity index (χ2n) is 7.60. The number of benzene rings is 1. The van der Waals surface area contributed by atoms with Gasteiger partial charge in [0, 0.05) is 18.6 Å². The summed E-state index contributed by atoms with van der Waals surface area (Å²) in [5.74, 6) is -0.706. The molecular weight excluding hydrogens is 468 g/mol. The summed E-state index contributed by atoms with van der Waals surface area (Å²) in [6.07, 6.45) is 0. The van der Waals surface area contributed by atoms with Crippen LogP contribution in [0, 0.1) is 6.92 Å². The lowest BCUT2D eigenvalue weighted by atomic mass is 10.0. The maximum absolute atomic E-state index is 12.8. The number of β-lactam (4-membered cyclic amide) rings is 1. The first-order valence-corrected chi connectivity index (χ1v) is 12.0. The third-order valence-corrected chi connectivity index (χ3v) is 7.96. The highest BCUT2D eigenvalue weighted by molar-refractivity contribution is 8.01. The molecular formula is C20H22N6O5S2. The van der Waals surface area contributed by atoms with Crippen LogP contribution in [0.4, 0.5) is 0 Å². The van der Waals surface area contributed by atoms with Crippen molar-refractivity contribution < 1.29 is 24.6 Å². The molecule has 3 atom stereocenters. The number of rotatable bonds is 7. The fourth-order valence-corrected chi connectivity index (χ4v) is 5.98. The number of carbonyl (C=O) groups excluding carboxylic acids is 2. The van der Waals surface area contributed by atoms with E-state index >= 15 is 0 Å². The molecule has 1 unspecified atom stereocenters. The molecule has 0 aliphatic carbocycles. The van der Waals surface area contributed by atoms with Gasteiger partial charge in [0.15, 0.2) is 5.16 Å². The van der Waals surface area contributed by atoms with Crippen LogP contribution in [0.3, 0.4) is 0 Å². The summed E-state index contributed by atoms with van der Waals surface area (Å²) in [6.45, 7) is 1.82. The van der Waals surface area contributed by atoms with Gasteiger partial charge in [-0.25, -0.2) is 4.79 Å². The molecule has 2 amide bonds. The van der Waals surface area contributed by atoms with Crippen molar-refractivity contribution >= 4 is 41.3 Å². The molecule has 5 N–H and O–H groups in total. The van der Waals surface area contributed by atoms with E-state index in [0.717, 1.165) is 5.82 Å². The number of hydrogen-bond donors (Lipinski definition) is 4. The van der Waals surface area contributed by atoms with E-state index in [1.54, 1.807) is 0 Å². The van der Waals surface area contributed by atoms with E-state index in [1.807, 2.05) is 18.5 Å². The summed E-state index contributed by atoms with van der Waals surface area (Å²) in [5.41, 5.74) is 7.02. The number of carboxylic acid groups (broad SMARTS) is 1. The normalized spacial score (nSPS) is 20.8. The summed E-state index contributed by atoms with van der Waals surface area (Å²) in [7, 11) is 1.82. The molecule has 1 aromatic carbocycles. The number of aliphatic carboxylic acids is 1. The number of aryl methyl sites for hydroxylation is 1. The molecule has 174 valence electrons. The summed E-state index contributed by atoms with van der Waals surface area (Å²) >= 11 is 2.74. The minimum Gasteiger partial charge on any atom is -0.508 e. The van der Waals surface area contributed by atoms with E-state index < -0.39 is 35.2 Å². The van der Waals surface area contributed by atoms with E-state index in [9.17, 15) is 24.6 Å². The molecule has 1 aromatic heterocycles. The fraction of sp³-hybridized carbons (Fsp3) is 0.350. The van der Waals surface area contributed by atoms with Crippen LogP contribution < -0.4 is 11.1 Å². The topological polar surface area (TPSA) is 164 Å². The number of amides is 2. The average Bonchev–Trinajstić information content (AvgIpc) is 3.12. The van der Waals surface area contributed by atoms with Gasteiger partial charge in [0.05, 0.1) is 0 Å². The van der Waals surface area contributed by atoms with Crippen LogP contribution in [-0.4, -0.2) is 70.6 Å². The van der Waals surface area contributed by atoms with Crippen LogP contribution in [-0.2, 0) is 21.4 Å². The Morgan fingerprint density at radius 1 is 1.33 bits per heavy atom. The molecule has 2 aliphatic heterocycles. The Morgan fingerprint density at radius 2 is 2.03 bits per heavy atom. The number of carboxylic acids is 1. The lowest BCUT2D eigenvalue weighted by molar-refractivity contribution is -0.150. The Bertz CT molecular complexity index is 1150. The first-order valence-electron chi connectivity index (χ1n) is 9.92. The number of aromatic nitrogens is 3. The van der Waals surface area contributed by atoms with E-state index in [2.05, 4.69) is 15.5 Å². The lowest BCUT2D eigenvalue weighted by Gasteiger charge is -2.49. The predicted octanol–water partition coefficient (Wildman–Crippen LogP) is 0.360. The highest BCUT2D eigenvalue weighted by atomic mass is 32.2. The van der Waals surface area contributed by atoms with Gasteiger partial charge in [-0.3, -0.25) is 14.5 Å². The lowest BCUT2D eigenvalue weighted by Crippen LogP contribution is -2.71. The average molecular weight is 491 g/mol. The second-order valence-corrected chi connectivity index (χ2v) is 9.65. The van der Waals surface area contributed by atoms with Crippen LogP contribution in [0.1, 0.15) is 17.4 Å². The fourth-order valence-electron chi connectivity index (χ4n) is 3.54. The van der Waals surface area contributed by atoms with Crippen molar-refractivity contribution in [3.05, 3.63) is 46.9 Å². The molecule has 33 heavy (non-hydrogen) atoms. The number of aromatic hydroxyl groups is 1. The Labute approximate surface area is 197 Å². The summed E-state index contributed by atoms with van der Waals surface area (Å²) in [5, 5.41) is 30.0. The zero-order valence-corrected chi connectivity index (χ0v) is 19.4. The minimum absolute atomic E-state index is 0.0473. The molecule has 0 saturated carbocycles. The number of fused-ring (bicyclic) bond motifs is 1. The smallest absolute Gasteiger partial charge is 0.352 e. The highest BCUT2D eigenvalue weighted by Gasteiger charge is 2.54. The molecule has 0 bridgehead atoms. The Hall–Kier alpha value is -3.03. The molecule has 0 radical (unpaired) electrons. The van der Waals surface area contributed by atoms with Gasteiger partial charge in [-0.2, -0.15) is 0 Å². The maximum Gasteiger partial charge on any atom is 0.352 e. The van der Waals surface area contributed by atoms with Crippen LogP contribution in [0.15, 0.2) is 40.7 Å². The van der Waals surface area contributed by atoms with Crippen molar-refractivity contribution in [2.75, 3.05) is 11.5 Å².